The molecular weight excluding hydrogens is 320 g/mol. The lowest BCUT2D eigenvalue weighted by molar-refractivity contribution is 0.0115. The predicted octanol–water partition coefficient (Wildman–Crippen LogP) is 2.47. The van der Waals surface area contributed by atoms with E-state index < -0.39 is 0 Å². The zero-order valence-corrected chi connectivity index (χ0v) is 14.8. The number of phenols is 1. The number of nitrogens with zero attached hydrogens (tertiary/aromatic N) is 1. The number of benzene rings is 1. The van der Waals surface area contributed by atoms with Crippen LogP contribution in [0.4, 0.5) is 0 Å². The summed E-state index contributed by atoms with van der Waals surface area (Å²) in [6.45, 7) is 6.70. The van der Waals surface area contributed by atoms with Crippen molar-refractivity contribution in [1.82, 2.24) is 10.2 Å². The van der Waals surface area contributed by atoms with Crippen LogP contribution < -0.4 is 10.1 Å². The number of aromatic hydroxyl groups is 1. The van der Waals surface area contributed by atoms with Crippen LogP contribution in [-0.4, -0.2) is 50.0 Å². The highest BCUT2D eigenvalue weighted by atomic mass is 16.5. The van der Waals surface area contributed by atoms with E-state index in [1.54, 1.807) is 19.2 Å². The van der Waals surface area contributed by atoms with E-state index in [2.05, 4.69) is 16.3 Å². The Hall–Kier alpha value is -2.02. The molecule has 0 radical (unpaired) electrons. The van der Waals surface area contributed by atoms with Crippen molar-refractivity contribution in [3.8, 4) is 11.5 Å². The second kappa shape index (κ2) is 8.38. The number of methoxy groups -OCH3 is 1. The lowest BCUT2D eigenvalue weighted by atomic mass is 10.1. The summed E-state index contributed by atoms with van der Waals surface area (Å²) in [4.78, 5) is 2.39. The van der Waals surface area contributed by atoms with Crippen molar-refractivity contribution in [2.45, 2.75) is 19.5 Å². The number of phenolic OH excluding ortho intramolecular Hbond substituents is 1. The summed E-state index contributed by atoms with van der Waals surface area (Å²) in [6, 6.07) is 9.69. The minimum absolute atomic E-state index is 0.160. The van der Waals surface area contributed by atoms with Gasteiger partial charge < -0.3 is 24.3 Å². The zero-order valence-electron chi connectivity index (χ0n) is 14.8. The summed E-state index contributed by atoms with van der Waals surface area (Å²) in [6.07, 6.45) is 0. The molecule has 25 heavy (non-hydrogen) atoms. The molecular formula is C19H26N2O4. The average Bonchev–Trinajstić information content (AvgIpc) is 3.05. The highest BCUT2D eigenvalue weighted by molar-refractivity contribution is 5.41. The molecule has 0 unspecified atom stereocenters. The monoisotopic (exact) mass is 346 g/mol. The Labute approximate surface area is 148 Å². The molecule has 2 aromatic rings. The first-order valence-corrected chi connectivity index (χ1v) is 8.62. The van der Waals surface area contributed by atoms with Crippen LogP contribution >= 0.6 is 0 Å². The fourth-order valence-electron chi connectivity index (χ4n) is 3.13. The number of ether oxygens (including phenoxy) is 2. The molecule has 0 bridgehead atoms. The van der Waals surface area contributed by atoms with Crippen molar-refractivity contribution < 1.29 is 19.0 Å². The summed E-state index contributed by atoms with van der Waals surface area (Å²) in [5, 5.41) is 13.4. The van der Waals surface area contributed by atoms with Gasteiger partial charge in [-0.1, -0.05) is 6.07 Å². The molecule has 1 aromatic carbocycles. The minimum Gasteiger partial charge on any atom is -0.504 e. The van der Waals surface area contributed by atoms with E-state index in [-0.39, 0.29) is 11.8 Å². The molecule has 1 saturated heterocycles. The molecule has 1 atom stereocenters. The van der Waals surface area contributed by atoms with Crippen molar-refractivity contribution in [3.05, 3.63) is 47.4 Å². The van der Waals surface area contributed by atoms with Gasteiger partial charge in [-0.15, -0.1) is 0 Å². The van der Waals surface area contributed by atoms with Gasteiger partial charge in [0.25, 0.3) is 0 Å². The van der Waals surface area contributed by atoms with Crippen LogP contribution in [0.15, 0.2) is 34.7 Å². The number of furan rings is 1. The van der Waals surface area contributed by atoms with Crippen molar-refractivity contribution in [2.75, 3.05) is 40.0 Å². The number of nitrogens with one attached hydrogen (secondary N) is 1. The summed E-state index contributed by atoms with van der Waals surface area (Å²) >= 11 is 0. The third-order valence-corrected chi connectivity index (χ3v) is 4.49. The maximum absolute atomic E-state index is 9.89. The third kappa shape index (κ3) is 4.54. The first-order chi connectivity index (χ1) is 12.2. The van der Waals surface area contributed by atoms with Gasteiger partial charge in [0, 0.05) is 26.2 Å². The molecule has 3 rings (SSSR count). The number of rotatable bonds is 7. The topological polar surface area (TPSA) is 67.1 Å². The fraction of sp³-hybridized carbons (Fsp3) is 0.474. The van der Waals surface area contributed by atoms with Crippen LogP contribution in [0.1, 0.15) is 23.1 Å². The van der Waals surface area contributed by atoms with Crippen molar-refractivity contribution >= 4 is 0 Å². The van der Waals surface area contributed by atoms with Gasteiger partial charge in [0.05, 0.1) is 26.4 Å². The molecule has 6 nitrogen and oxygen atoms in total. The van der Waals surface area contributed by atoms with Gasteiger partial charge in [-0.05, 0) is 36.8 Å². The summed E-state index contributed by atoms with van der Waals surface area (Å²) in [5.74, 6) is 2.55. The van der Waals surface area contributed by atoms with Crippen molar-refractivity contribution in [3.63, 3.8) is 0 Å². The van der Waals surface area contributed by atoms with Gasteiger partial charge in [0.1, 0.15) is 11.5 Å². The van der Waals surface area contributed by atoms with Gasteiger partial charge in [-0.3, -0.25) is 4.90 Å². The lowest BCUT2D eigenvalue weighted by Crippen LogP contribution is -2.42. The second-order valence-corrected chi connectivity index (χ2v) is 6.25. The zero-order chi connectivity index (χ0) is 17.6. The van der Waals surface area contributed by atoms with Crippen LogP contribution in [0, 0.1) is 6.92 Å². The van der Waals surface area contributed by atoms with Gasteiger partial charge in [0.2, 0.25) is 0 Å². The van der Waals surface area contributed by atoms with Crippen LogP contribution in [0.25, 0.3) is 0 Å². The second-order valence-electron chi connectivity index (χ2n) is 6.25. The Balaban J connectivity index is 1.63. The maximum atomic E-state index is 9.89. The molecule has 136 valence electrons. The van der Waals surface area contributed by atoms with E-state index in [9.17, 15) is 5.11 Å². The van der Waals surface area contributed by atoms with E-state index in [4.69, 9.17) is 13.9 Å². The number of hydrogen-bond acceptors (Lipinski definition) is 6. The van der Waals surface area contributed by atoms with Gasteiger partial charge in [-0.25, -0.2) is 0 Å². The molecule has 1 aromatic heterocycles. The summed E-state index contributed by atoms with van der Waals surface area (Å²) < 4.78 is 16.4. The van der Waals surface area contributed by atoms with Gasteiger partial charge >= 0.3 is 0 Å². The minimum atomic E-state index is 0.160. The molecule has 0 spiro atoms. The molecule has 1 aliphatic rings. The Bertz CT molecular complexity index is 680. The average molecular weight is 346 g/mol. The molecule has 1 aliphatic heterocycles. The van der Waals surface area contributed by atoms with E-state index in [0.29, 0.717) is 12.3 Å². The van der Waals surface area contributed by atoms with E-state index >= 15 is 0 Å². The van der Waals surface area contributed by atoms with Crippen molar-refractivity contribution in [1.29, 1.82) is 0 Å². The Morgan fingerprint density at radius 3 is 2.68 bits per heavy atom. The van der Waals surface area contributed by atoms with E-state index in [1.807, 2.05) is 19.1 Å². The van der Waals surface area contributed by atoms with Crippen LogP contribution in [0.3, 0.4) is 0 Å². The summed E-state index contributed by atoms with van der Waals surface area (Å²) in [5.41, 5.74) is 1.01. The summed E-state index contributed by atoms with van der Waals surface area (Å²) in [7, 11) is 1.55. The normalized spacial score (nSPS) is 16.7. The number of hydrogen-bond donors (Lipinski definition) is 2. The molecule has 1 fully saturated rings. The molecule has 0 aliphatic carbocycles. The highest BCUT2D eigenvalue weighted by Gasteiger charge is 2.24. The highest BCUT2D eigenvalue weighted by Crippen LogP contribution is 2.27. The largest absolute Gasteiger partial charge is 0.504 e. The molecule has 2 heterocycles. The van der Waals surface area contributed by atoms with Gasteiger partial charge in [0.15, 0.2) is 11.5 Å². The van der Waals surface area contributed by atoms with Crippen LogP contribution in [0.2, 0.25) is 0 Å². The SMILES string of the molecule is COc1ccc(CNC[C@H](c2ccc(C)o2)N2CCOCC2)cc1O. The number of aryl methyl sites for hydroxylation is 1. The molecule has 2 N–H and O–H groups in total. The van der Waals surface area contributed by atoms with Gasteiger partial charge in [-0.2, -0.15) is 0 Å². The fourth-order valence-corrected chi connectivity index (χ4v) is 3.13. The lowest BCUT2D eigenvalue weighted by Gasteiger charge is -2.33. The Morgan fingerprint density at radius 1 is 1.24 bits per heavy atom. The van der Waals surface area contributed by atoms with Crippen LogP contribution in [-0.2, 0) is 11.3 Å². The Morgan fingerprint density at radius 2 is 2.04 bits per heavy atom. The smallest absolute Gasteiger partial charge is 0.160 e. The predicted molar refractivity (Wildman–Crippen MR) is 94.9 cm³/mol. The Kier molecular flexibility index (Phi) is 5.96. The van der Waals surface area contributed by atoms with E-state index in [1.165, 1.54) is 0 Å². The first-order valence-electron chi connectivity index (χ1n) is 8.62. The maximum Gasteiger partial charge on any atom is 0.160 e. The van der Waals surface area contributed by atoms with E-state index in [0.717, 1.165) is 49.9 Å². The van der Waals surface area contributed by atoms with Crippen molar-refractivity contribution in [2.24, 2.45) is 0 Å². The molecule has 0 amide bonds. The van der Waals surface area contributed by atoms with Crippen LogP contribution in [0.5, 0.6) is 11.5 Å². The molecule has 6 heteroatoms. The standard InChI is InChI=1S/C19H26N2O4/c1-14-3-5-18(25-14)16(21-7-9-24-10-8-21)13-20-12-15-4-6-19(23-2)17(22)11-15/h3-6,11,16,20,22H,7-10,12-13H2,1-2H3/t16-/m1/s1. The quantitative estimate of drug-likeness (QED) is 0.803. The number of morpholine rings is 1. The third-order valence-electron chi connectivity index (χ3n) is 4.49. The molecule has 0 saturated carbocycles. The first kappa shape index (κ1) is 17.8.